The number of nitrogens with one attached hydrogen (secondary N) is 2. The van der Waals surface area contributed by atoms with Crippen LogP contribution in [0.1, 0.15) is 11.1 Å². The molecule has 0 radical (unpaired) electrons. The van der Waals surface area contributed by atoms with E-state index in [0.717, 1.165) is 10.9 Å². The van der Waals surface area contributed by atoms with Gasteiger partial charge in [0.15, 0.2) is 0 Å². The van der Waals surface area contributed by atoms with Crippen LogP contribution in [-0.4, -0.2) is 17.9 Å². The fourth-order valence-electron chi connectivity index (χ4n) is 2.44. The molecule has 1 aromatic heterocycles. The first-order valence-corrected chi connectivity index (χ1v) is 6.95. The largest absolute Gasteiger partial charge is 0.359 e. The number of aromatic amines is 1. The highest BCUT2D eigenvalue weighted by molar-refractivity contribution is 6.00. The lowest BCUT2D eigenvalue weighted by Crippen LogP contribution is -2.15. The summed E-state index contributed by atoms with van der Waals surface area (Å²) >= 11 is 0. The van der Waals surface area contributed by atoms with E-state index in [4.69, 9.17) is 0 Å². The van der Waals surface area contributed by atoms with Crippen LogP contribution in [0.5, 0.6) is 0 Å². The summed E-state index contributed by atoms with van der Waals surface area (Å²) in [4.78, 5) is 14.7. The molecule has 0 bridgehead atoms. The SMILES string of the molecule is CNC(=O)/C=C(\c1ccccc1)c1cc(F)c2[nH]ccc2c1. The zero-order valence-corrected chi connectivity index (χ0v) is 12.1. The van der Waals surface area contributed by atoms with Crippen LogP contribution in [0, 0.1) is 5.82 Å². The van der Waals surface area contributed by atoms with Crippen LogP contribution < -0.4 is 5.32 Å². The number of rotatable bonds is 3. The molecule has 0 saturated carbocycles. The van der Waals surface area contributed by atoms with Gasteiger partial charge < -0.3 is 10.3 Å². The highest BCUT2D eigenvalue weighted by Gasteiger charge is 2.11. The molecule has 3 aromatic rings. The third-order valence-electron chi connectivity index (χ3n) is 3.53. The molecule has 3 rings (SSSR count). The number of benzene rings is 2. The molecular formula is C18H15FN2O. The summed E-state index contributed by atoms with van der Waals surface area (Å²) in [5.74, 6) is -0.565. The standard InChI is InChI=1S/C18H15FN2O/c1-20-17(22)11-15(12-5-3-2-4-6-12)14-9-13-7-8-21-18(13)16(19)10-14/h2-11,21H,1H3,(H,20,22)/b15-11+. The van der Waals surface area contributed by atoms with Crippen LogP contribution in [0.4, 0.5) is 4.39 Å². The van der Waals surface area contributed by atoms with Crippen molar-refractivity contribution in [3.63, 3.8) is 0 Å². The van der Waals surface area contributed by atoms with Gasteiger partial charge in [0.1, 0.15) is 5.82 Å². The molecule has 0 saturated heterocycles. The van der Waals surface area contributed by atoms with Gasteiger partial charge in [-0.3, -0.25) is 4.79 Å². The molecule has 1 heterocycles. The van der Waals surface area contributed by atoms with Crippen molar-refractivity contribution in [1.29, 1.82) is 0 Å². The Morgan fingerprint density at radius 1 is 1.14 bits per heavy atom. The van der Waals surface area contributed by atoms with E-state index in [-0.39, 0.29) is 11.7 Å². The maximum absolute atomic E-state index is 14.2. The van der Waals surface area contributed by atoms with Gasteiger partial charge in [0.2, 0.25) is 5.91 Å². The average Bonchev–Trinajstić information content (AvgIpc) is 3.02. The van der Waals surface area contributed by atoms with Crippen molar-refractivity contribution in [3.05, 3.63) is 77.7 Å². The molecule has 0 atom stereocenters. The number of carbonyl (C=O) groups excluding carboxylic acids is 1. The minimum absolute atomic E-state index is 0.228. The number of H-pyrrole nitrogens is 1. The molecule has 0 aliphatic heterocycles. The predicted molar refractivity (Wildman–Crippen MR) is 85.8 cm³/mol. The number of likely N-dealkylation sites (N-methyl/N-ethyl adjacent to an activating group) is 1. The van der Waals surface area contributed by atoms with Crippen molar-refractivity contribution in [2.75, 3.05) is 7.05 Å². The van der Waals surface area contributed by atoms with E-state index in [1.165, 1.54) is 12.1 Å². The van der Waals surface area contributed by atoms with Gasteiger partial charge in [-0.05, 0) is 34.9 Å². The Bertz CT molecular complexity index is 850. The van der Waals surface area contributed by atoms with Crippen molar-refractivity contribution >= 4 is 22.4 Å². The number of fused-ring (bicyclic) bond motifs is 1. The van der Waals surface area contributed by atoms with E-state index in [0.29, 0.717) is 16.7 Å². The van der Waals surface area contributed by atoms with Crippen LogP contribution in [0.2, 0.25) is 0 Å². The third-order valence-corrected chi connectivity index (χ3v) is 3.53. The first kappa shape index (κ1) is 14.1. The Labute approximate surface area is 127 Å². The smallest absolute Gasteiger partial charge is 0.244 e. The monoisotopic (exact) mass is 294 g/mol. The second-order valence-electron chi connectivity index (χ2n) is 4.94. The molecule has 1 amide bonds. The lowest BCUT2D eigenvalue weighted by molar-refractivity contribution is -0.116. The van der Waals surface area contributed by atoms with Crippen LogP contribution in [-0.2, 0) is 4.79 Å². The fourth-order valence-corrected chi connectivity index (χ4v) is 2.44. The van der Waals surface area contributed by atoms with Gasteiger partial charge in [-0.15, -0.1) is 0 Å². The number of halogens is 1. The molecule has 3 nitrogen and oxygen atoms in total. The van der Waals surface area contributed by atoms with Crippen LogP contribution >= 0.6 is 0 Å². The minimum Gasteiger partial charge on any atom is -0.359 e. The van der Waals surface area contributed by atoms with Gasteiger partial charge in [-0.2, -0.15) is 0 Å². The zero-order chi connectivity index (χ0) is 15.5. The van der Waals surface area contributed by atoms with Crippen LogP contribution in [0.25, 0.3) is 16.5 Å². The average molecular weight is 294 g/mol. The zero-order valence-electron chi connectivity index (χ0n) is 12.1. The van der Waals surface area contributed by atoms with Crippen molar-refractivity contribution in [1.82, 2.24) is 10.3 Å². The second-order valence-corrected chi connectivity index (χ2v) is 4.94. The molecule has 2 aromatic carbocycles. The van der Waals surface area contributed by atoms with E-state index >= 15 is 0 Å². The Hall–Kier alpha value is -2.88. The normalized spacial score (nSPS) is 11.6. The Balaban J connectivity index is 2.19. The highest BCUT2D eigenvalue weighted by Crippen LogP contribution is 2.28. The molecule has 110 valence electrons. The Morgan fingerprint density at radius 2 is 1.91 bits per heavy atom. The number of carbonyl (C=O) groups is 1. The molecule has 0 spiro atoms. The summed E-state index contributed by atoms with van der Waals surface area (Å²) in [5.41, 5.74) is 2.68. The second kappa shape index (κ2) is 5.85. The summed E-state index contributed by atoms with van der Waals surface area (Å²) < 4.78 is 14.2. The van der Waals surface area contributed by atoms with Crippen molar-refractivity contribution < 1.29 is 9.18 Å². The van der Waals surface area contributed by atoms with E-state index in [2.05, 4.69) is 10.3 Å². The van der Waals surface area contributed by atoms with Crippen molar-refractivity contribution in [2.45, 2.75) is 0 Å². The summed E-state index contributed by atoms with van der Waals surface area (Å²) in [5, 5.41) is 3.34. The van der Waals surface area contributed by atoms with E-state index < -0.39 is 0 Å². The molecule has 0 unspecified atom stereocenters. The topological polar surface area (TPSA) is 44.9 Å². The lowest BCUT2D eigenvalue weighted by atomic mass is 9.96. The molecule has 0 fully saturated rings. The van der Waals surface area contributed by atoms with Gasteiger partial charge in [0, 0.05) is 24.7 Å². The Morgan fingerprint density at radius 3 is 2.64 bits per heavy atom. The summed E-state index contributed by atoms with van der Waals surface area (Å²) in [6.07, 6.45) is 3.19. The van der Waals surface area contributed by atoms with Gasteiger partial charge in [0.25, 0.3) is 0 Å². The number of aromatic nitrogens is 1. The van der Waals surface area contributed by atoms with Crippen molar-refractivity contribution in [2.24, 2.45) is 0 Å². The van der Waals surface area contributed by atoms with E-state index in [1.54, 1.807) is 13.2 Å². The Kier molecular flexibility index (Phi) is 3.74. The van der Waals surface area contributed by atoms with Gasteiger partial charge in [-0.1, -0.05) is 30.3 Å². The number of hydrogen-bond acceptors (Lipinski definition) is 1. The molecule has 4 heteroatoms. The van der Waals surface area contributed by atoms with Crippen molar-refractivity contribution in [3.8, 4) is 0 Å². The maximum atomic E-state index is 14.2. The number of hydrogen-bond donors (Lipinski definition) is 2. The summed E-state index contributed by atoms with van der Waals surface area (Å²) in [6.45, 7) is 0. The van der Waals surface area contributed by atoms with Gasteiger partial charge in [0.05, 0.1) is 5.52 Å². The lowest BCUT2D eigenvalue weighted by Gasteiger charge is -2.09. The molecule has 0 aliphatic carbocycles. The summed E-state index contributed by atoms with van der Waals surface area (Å²) in [7, 11) is 1.57. The highest BCUT2D eigenvalue weighted by atomic mass is 19.1. The first-order valence-electron chi connectivity index (χ1n) is 6.95. The van der Waals surface area contributed by atoms with Gasteiger partial charge >= 0.3 is 0 Å². The predicted octanol–water partition coefficient (Wildman–Crippen LogP) is 3.48. The maximum Gasteiger partial charge on any atom is 0.244 e. The molecular weight excluding hydrogens is 279 g/mol. The fraction of sp³-hybridized carbons (Fsp3) is 0.0556. The minimum atomic E-state index is -0.337. The third kappa shape index (κ3) is 2.63. The molecule has 22 heavy (non-hydrogen) atoms. The van der Waals surface area contributed by atoms with E-state index in [9.17, 15) is 9.18 Å². The molecule has 2 N–H and O–H groups in total. The molecule has 0 aliphatic rings. The van der Waals surface area contributed by atoms with Gasteiger partial charge in [-0.25, -0.2) is 4.39 Å². The quantitative estimate of drug-likeness (QED) is 0.714. The summed E-state index contributed by atoms with van der Waals surface area (Å²) in [6, 6.07) is 14.6. The van der Waals surface area contributed by atoms with E-state index in [1.807, 2.05) is 42.5 Å². The van der Waals surface area contributed by atoms with Crippen LogP contribution in [0.3, 0.4) is 0 Å². The van der Waals surface area contributed by atoms with Crippen LogP contribution in [0.15, 0.2) is 60.8 Å². The number of amides is 1. The first-order chi connectivity index (χ1) is 10.7.